The van der Waals surface area contributed by atoms with Gasteiger partial charge in [-0.25, -0.2) is 0 Å². The molecule has 0 bridgehead atoms. The fourth-order valence-corrected chi connectivity index (χ4v) is 2.47. The fraction of sp³-hybridized carbons (Fsp3) is 0.188. The lowest BCUT2D eigenvalue weighted by atomic mass is 10.1. The lowest BCUT2D eigenvalue weighted by Crippen LogP contribution is -2.38. The van der Waals surface area contributed by atoms with E-state index in [0.29, 0.717) is 5.96 Å². The molecule has 5 N–H and O–H groups in total. The van der Waals surface area contributed by atoms with E-state index in [1.807, 2.05) is 48.7 Å². The number of hydrogen-bond donors (Lipinski definition) is 4. The molecule has 0 radical (unpaired) electrons. The quantitative estimate of drug-likeness (QED) is 0.683. The summed E-state index contributed by atoms with van der Waals surface area (Å²) in [5, 5.41) is 7.20. The van der Waals surface area contributed by atoms with Gasteiger partial charge in [-0.15, -0.1) is 0 Å². The molecule has 114 valence electrons. The zero-order valence-corrected chi connectivity index (χ0v) is 12.8. The van der Waals surface area contributed by atoms with E-state index in [4.69, 9.17) is 17.3 Å². The minimum Gasteiger partial charge on any atom is -0.370 e. The molecule has 0 fully saturated rings. The van der Waals surface area contributed by atoms with Crippen molar-refractivity contribution in [3.05, 3.63) is 70.8 Å². The van der Waals surface area contributed by atoms with Gasteiger partial charge in [0, 0.05) is 23.5 Å². The van der Waals surface area contributed by atoms with Crippen molar-refractivity contribution in [2.24, 2.45) is 10.7 Å². The minimum absolute atomic E-state index is 0.00512. The van der Waals surface area contributed by atoms with Crippen molar-refractivity contribution in [2.75, 3.05) is 6.54 Å². The number of nitrogens with zero attached hydrogens (tertiary/aromatic N) is 1. The van der Waals surface area contributed by atoms with Crippen LogP contribution < -0.4 is 16.4 Å². The molecule has 2 heterocycles. The standard InChI is InChI=1S/C16H18ClN5/c17-12-5-3-11(4-6-12)7-9-20-15-10-14(21-16(18)22-15)13-2-1-8-19-13/h1-6,8,10,14,19-20H,7,9H2,(H3,18,21,22). The average molecular weight is 316 g/mol. The van der Waals surface area contributed by atoms with E-state index in [1.54, 1.807) is 0 Å². The molecule has 0 saturated heterocycles. The molecule has 0 spiro atoms. The smallest absolute Gasteiger partial charge is 0.196 e. The number of nitrogens with two attached hydrogens (primary N) is 1. The zero-order valence-electron chi connectivity index (χ0n) is 12.0. The molecule has 2 aromatic rings. The number of hydrogen-bond acceptors (Lipinski definition) is 4. The first-order valence-electron chi connectivity index (χ1n) is 7.15. The fourth-order valence-electron chi connectivity index (χ4n) is 2.35. The van der Waals surface area contributed by atoms with Crippen molar-refractivity contribution in [3.63, 3.8) is 0 Å². The van der Waals surface area contributed by atoms with Crippen molar-refractivity contribution in [3.8, 4) is 0 Å². The average Bonchev–Trinajstić information content (AvgIpc) is 3.03. The summed E-state index contributed by atoms with van der Waals surface area (Å²) in [6.45, 7) is 0.779. The summed E-state index contributed by atoms with van der Waals surface area (Å²) in [6.07, 6.45) is 4.80. The Morgan fingerprint density at radius 2 is 2.05 bits per heavy atom. The second-order valence-corrected chi connectivity index (χ2v) is 5.54. The highest BCUT2D eigenvalue weighted by Crippen LogP contribution is 2.16. The maximum atomic E-state index is 5.88. The molecule has 1 unspecified atom stereocenters. The van der Waals surface area contributed by atoms with E-state index in [-0.39, 0.29) is 6.04 Å². The molecule has 0 saturated carbocycles. The highest BCUT2D eigenvalue weighted by Gasteiger charge is 2.16. The number of aromatic amines is 1. The van der Waals surface area contributed by atoms with Crippen molar-refractivity contribution in [2.45, 2.75) is 12.5 Å². The van der Waals surface area contributed by atoms with Crippen LogP contribution >= 0.6 is 11.6 Å². The predicted molar refractivity (Wildman–Crippen MR) is 89.5 cm³/mol. The highest BCUT2D eigenvalue weighted by molar-refractivity contribution is 6.30. The van der Waals surface area contributed by atoms with Gasteiger partial charge in [0.1, 0.15) is 5.82 Å². The van der Waals surface area contributed by atoms with Crippen LogP contribution in [0.2, 0.25) is 5.02 Å². The van der Waals surface area contributed by atoms with Crippen LogP contribution in [0.5, 0.6) is 0 Å². The first-order chi connectivity index (χ1) is 10.7. The number of rotatable bonds is 5. The molecule has 1 aromatic carbocycles. The third-order valence-corrected chi connectivity index (χ3v) is 3.71. The Labute approximate surface area is 134 Å². The molecule has 0 aliphatic carbocycles. The minimum atomic E-state index is 0.00512. The topological polar surface area (TPSA) is 78.2 Å². The van der Waals surface area contributed by atoms with Gasteiger partial charge in [-0.1, -0.05) is 23.7 Å². The number of halogens is 1. The molecule has 0 amide bonds. The largest absolute Gasteiger partial charge is 0.370 e. The third kappa shape index (κ3) is 3.62. The zero-order chi connectivity index (χ0) is 15.4. The number of nitrogens with one attached hydrogen (secondary N) is 3. The third-order valence-electron chi connectivity index (χ3n) is 3.46. The van der Waals surface area contributed by atoms with Gasteiger partial charge in [-0.05, 0) is 42.3 Å². The van der Waals surface area contributed by atoms with Gasteiger partial charge >= 0.3 is 0 Å². The van der Waals surface area contributed by atoms with Gasteiger partial charge in [0.2, 0.25) is 0 Å². The Morgan fingerprint density at radius 1 is 1.23 bits per heavy atom. The maximum absolute atomic E-state index is 5.88. The van der Waals surface area contributed by atoms with Crippen LogP contribution in [0.15, 0.2) is 59.5 Å². The first-order valence-corrected chi connectivity index (χ1v) is 7.52. The van der Waals surface area contributed by atoms with E-state index in [1.165, 1.54) is 5.56 Å². The Balaban J connectivity index is 1.60. The SMILES string of the molecule is NC1=NC(NCCc2ccc(Cl)cc2)=CC(c2ccc[nH]2)N1. The summed E-state index contributed by atoms with van der Waals surface area (Å²) < 4.78 is 0. The van der Waals surface area contributed by atoms with E-state index >= 15 is 0 Å². The number of aromatic nitrogens is 1. The normalized spacial score (nSPS) is 17.4. The molecule has 22 heavy (non-hydrogen) atoms. The van der Waals surface area contributed by atoms with Crippen molar-refractivity contribution in [1.29, 1.82) is 0 Å². The van der Waals surface area contributed by atoms with Crippen molar-refractivity contribution >= 4 is 17.6 Å². The monoisotopic (exact) mass is 315 g/mol. The molecule has 1 aliphatic heterocycles. The van der Waals surface area contributed by atoms with E-state index in [9.17, 15) is 0 Å². The number of aliphatic imine (C=N–C) groups is 1. The number of guanidine groups is 1. The van der Waals surface area contributed by atoms with Crippen LogP contribution in [-0.2, 0) is 6.42 Å². The van der Waals surface area contributed by atoms with Gasteiger partial charge in [-0.3, -0.25) is 0 Å². The van der Waals surface area contributed by atoms with Gasteiger partial charge in [-0.2, -0.15) is 4.99 Å². The summed E-state index contributed by atoms with van der Waals surface area (Å²) >= 11 is 5.88. The Kier molecular flexibility index (Phi) is 4.34. The van der Waals surface area contributed by atoms with Crippen LogP contribution in [0, 0.1) is 0 Å². The van der Waals surface area contributed by atoms with E-state index < -0.39 is 0 Å². The molecule has 6 heteroatoms. The number of benzene rings is 1. The first kappa shape index (κ1) is 14.5. The van der Waals surface area contributed by atoms with Gasteiger partial charge in [0.05, 0.1) is 6.04 Å². The van der Waals surface area contributed by atoms with Crippen LogP contribution in [0.25, 0.3) is 0 Å². The second kappa shape index (κ2) is 6.58. The Hall–Kier alpha value is -2.40. The summed E-state index contributed by atoms with van der Waals surface area (Å²) in [7, 11) is 0. The molecular weight excluding hydrogens is 298 g/mol. The maximum Gasteiger partial charge on any atom is 0.196 e. The molecule has 1 aliphatic rings. The Bertz CT molecular complexity index is 673. The summed E-state index contributed by atoms with van der Waals surface area (Å²) in [5.74, 6) is 1.20. The lowest BCUT2D eigenvalue weighted by molar-refractivity contribution is 0.694. The predicted octanol–water partition coefficient (Wildman–Crippen LogP) is 2.30. The van der Waals surface area contributed by atoms with Gasteiger partial charge in [0.25, 0.3) is 0 Å². The van der Waals surface area contributed by atoms with Gasteiger partial charge in [0.15, 0.2) is 5.96 Å². The lowest BCUT2D eigenvalue weighted by Gasteiger charge is -2.21. The van der Waals surface area contributed by atoms with Gasteiger partial charge < -0.3 is 21.4 Å². The second-order valence-electron chi connectivity index (χ2n) is 5.10. The van der Waals surface area contributed by atoms with Crippen LogP contribution in [-0.4, -0.2) is 17.5 Å². The highest BCUT2D eigenvalue weighted by atomic mass is 35.5. The van der Waals surface area contributed by atoms with Crippen LogP contribution in [0.1, 0.15) is 17.3 Å². The molecule has 5 nitrogen and oxygen atoms in total. The summed E-state index contributed by atoms with van der Waals surface area (Å²) in [5.41, 5.74) is 8.13. The van der Waals surface area contributed by atoms with Crippen LogP contribution in [0.3, 0.4) is 0 Å². The molecular formula is C16H18ClN5. The van der Waals surface area contributed by atoms with Crippen molar-refractivity contribution in [1.82, 2.24) is 15.6 Å². The molecule has 1 atom stereocenters. The summed E-state index contributed by atoms with van der Waals surface area (Å²) in [4.78, 5) is 7.46. The Morgan fingerprint density at radius 3 is 2.77 bits per heavy atom. The summed E-state index contributed by atoms with van der Waals surface area (Å²) in [6, 6.07) is 11.8. The number of H-pyrrole nitrogens is 1. The van der Waals surface area contributed by atoms with E-state index in [0.717, 1.165) is 29.5 Å². The van der Waals surface area contributed by atoms with Crippen LogP contribution in [0.4, 0.5) is 0 Å². The molecule has 3 rings (SSSR count). The molecule has 1 aromatic heterocycles. The van der Waals surface area contributed by atoms with Crippen molar-refractivity contribution < 1.29 is 0 Å². The van der Waals surface area contributed by atoms with E-state index in [2.05, 4.69) is 20.6 Å².